The van der Waals surface area contributed by atoms with Crippen molar-refractivity contribution in [3.8, 4) is 0 Å². The highest BCUT2D eigenvalue weighted by Crippen LogP contribution is 2.02. The maximum Gasteiger partial charge on any atom is 0.123 e. The molecule has 0 fully saturated rings. The molecule has 0 aliphatic rings. The van der Waals surface area contributed by atoms with Crippen LogP contribution in [-0.2, 0) is 6.42 Å². The average Bonchev–Trinajstić information content (AvgIpc) is 2.20. The lowest BCUT2D eigenvalue weighted by atomic mass is 10.1. The van der Waals surface area contributed by atoms with E-state index in [0.29, 0.717) is 0 Å². The third-order valence-electron chi connectivity index (χ3n) is 2.24. The Balaban J connectivity index is 2.12. The Bertz CT molecular complexity index is 269. The van der Waals surface area contributed by atoms with Crippen molar-refractivity contribution in [2.75, 3.05) is 33.7 Å². The molecule has 0 unspecified atom stereocenters. The second kappa shape index (κ2) is 6.53. The summed E-state index contributed by atoms with van der Waals surface area (Å²) in [7, 11) is 4.11. The van der Waals surface area contributed by atoms with Crippen LogP contribution in [-0.4, -0.2) is 38.6 Å². The monoisotopic (exact) mass is 210 g/mol. The van der Waals surface area contributed by atoms with Crippen LogP contribution >= 0.6 is 0 Å². The largest absolute Gasteiger partial charge is 0.315 e. The lowest BCUT2D eigenvalue weighted by Gasteiger charge is -2.10. The quantitative estimate of drug-likeness (QED) is 0.716. The molecule has 3 heteroatoms. The van der Waals surface area contributed by atoms with Gasteiger partial charge in [-0.3, -0.25) is 0 Å². The predicted molar refractivity (Wildman–Crippen MR) is 61.5 cm³/mol. The van der Waals surface area contributed by atoms with Crippen molar-refractivity contribution >= 4 is 0 Å². The highest BCUT2D eigenvalue weighted by molar-refractivity contribution is 5.16. The molecule has 1 N–H and O–H groups in total. The molecule has 0 bridgehead atoms. The zero-order chi connectivity index (χ0) is 11.1. The van der Waals surface area contributed by atoms with Gasteiger partial charge >= 0.3 is 0 Å². The molecule has 0 atom stereocenters. The van der Waals surface area contributed by atoms with E-state index in [0.717, 1.165) is 26.1 Å². The summed E-state index contributed by atoms with van der Waals surface area (Å²) in [6, 6.07) is 6.69. The van der Waals surface area contributed by atoms with Crippen LogP contribution in [0.3, 0.4) is 0 Å². The Morgan fingerprint density at radius 2 is 1.80 bits per heavy atom. The van der Waals surface area contributed by atoms with Crippen LogP contribution in [0.1, 0.15) is 5.56 Å². The van der Waals surface area contributed by atoms with E-state index in [9.17, 15) is 4.39 Å². The van der Waals surface area contributed by atoms with Gasteiger partial charge in [0.05, 0.1) is 0 Å². The number of likely N-dealkylation sites (N-methyl/N-ethyl adjacent to an activating group) is 1. The van der Waals surface area contributed by atoms with Gasteiger partial charge in [0.1, 0.15) is 5.82 Å². The van der Waals surface area contributed by atoms with Gasteiger partial charge in [-0.2, -0.15) is 0 Å². The number of hydrogen-bond acceptors (Lipinski definition) is 2. The summed E-state index contributed by atoms with van der Waals surface area (Å²) in [4.78, 5) is 2.14. The van der Waals surface area contributed by atoms with Crippen molar-refractivity contribution in [1.29, 1.82) is 0 Å². The second-order valence-corrected chi connectivity index (χ2v) is 3.93. The van der Waals surface area contributed by atoms with Crippen LogP contribution in [0.2, 0.25) is 0 Å². The third kappa shape index (κ3) is 5.50. The van der Waals surface area contributed by atoms with E-state index in [2.05, 4.69) is 24.3 Å². The SMILES string of the molecule is CN(C)CCNCCc1ccc(F)cc1. The molecule has 0 aliphatic carbocycles. The molecule has 0 saturated carbocycles. The fourth-order valence-corrected chi connectivity index (χ4v) is 1.31. The maximum absolute atomic E-state index is 12.6. The molecular formula is C12H19FN2. The van der Waals surface area contributed by atoms with Gasteiger partial charge in [-0.15, -0.1) is 0 Å². The fraction of sp³-hybridized carbons (Fsp3) is 0.500. The third-order valence-corrected chi connectivity index (χ3v) is 2.24. The van der Waals surface area contributed by atoms with Crippen molar-refractivity contribution in [1.82, 2.24) is 10.2 Å². The number of nitrogens with zero attached hydrogens (tertiary/aromatic N) is 1. The summed E-state index contributed by atoms with van der Waals surface area (Å²) in [5, 5.41) is 3.34. The molecule has 0 heterocycles. The summed E-state index contributed by atoms with van der Waals surface area (Å²) < 4.78 is 12.6. The molecule has 0 saturated heterocycles. The Morgan fingerprint density at radius 1 is 1.13 bits per heavy atom. The van der Waals surface area contributed by atoms with Crippen LogP contribution < -0.4 is 5.32 Å². The molecule has 0 aliphatic heterocycles. The number of halogens is 1. The molecule has 0 spiro atoms. The zero-order valence-corrected chi connectivity index (χ0v) is 9.46. The zero-order valence-electron chi connectivity index (χ0n) is 9.46. The maximum atomic E-state index is 12.6. The standard InChI is InChI=1S/C12H19FN2/c1-15(2)10-9-14-8-7-11-3-5-12(13)6-4-11/h3-6,14H,7-10H2,1-2H3. The topological polar surface area (TPSA) is 15.3 Å². The Morgan fingerprint density at radius 3 is 2.40 bits per heavy atom. The molecule has 84 valence electrons. The molecule has 1 aromatic rings. The van der Waals surface area contributed by atoms with Gasteiger partial charge in [0, 0.05) is 13.1 Å². The Hall–Kier alpha value is -0.930. The van der Waals surface area contributed by atoms with Gasteiger partial charge in [0.25, 0.3) is 0 Å². The van der Waals surface area contributed by atoms with Crippen LogP contribution in [0.15, 0.2) is 24.3 Å². The van der Waals surface area contributed by atoms with Crippen LogP contribution in [0.4, 0.5) is 4.39 Å². The van der Waals surface area contributed by atoms with E-state index in [1.807, 2.05) is 12.1 Å². The fourth-order valence-electron chi connectivity index (χ4n) is 1.31. The van der Waals surface area contributed by atoms with Crippen molar-refractivity contribution in [3.05, 3.63) is 35.6 Å². The minimum Gasteiger partial charge on any atom is -0.315 e. The van der Waals surface area contributed by atoms with Gasteiger partial charge in [-0.1, -0.05) is 12.1 Å². The normalized spacial score (nSPS) is 10.9. The molecular weight excluding hydrogens is 191 g/mol. The van der Waals surface area contributed by atoms with Crippen LogP contribution in [0.25, 0.3) is 0 Å². The van der Waals surface area contributed by atoms with E-state index < -0.39 is 0 Å². The van der Waals surface area contributed by atoms with E-state index in [1.54, 1.807) is 0 Å². The smallest absolute Gasteiger partial charge is 0.123 e. The summed E-state index contributed by atoms with van der Waals surface area (Å²) in [6.07, 6.45) is 0.952. The number of hydrogen-bond donors (Lipinski definition) is 1. The Kier molecular flexibility index (Phi) is 5.29. The molecule has 1 rings (SSSR count). The summed E-state index contributed by atoms with van der Waals surface area (Å²) >= 11 is 0. The number of benzene rings is 1. The highest BCUT2D eigenvalue weighted by Gasteiger charge is 1.94. The molecule has 0 radical (unpaired) electrons. The highest BCUT2D eigenvalue weighted by atomic mass is 19.1. The molecule has 15 heavy (non-hydrogen) atoms. The van der Waals surface area contributed by atoms with Gasteiger partial charge in [-0.05, 0) is 44.8 Å². The van der Waals surface area contributed by atoms with E-state index in [4.69, 9.17) is 0 Å². The molecule has 1 aromatic carbocycles. The van der Waals surface area contributed by atoms with Crippen LogP contribution in [0.5, 0.6) is 0 Å². The van der Waals surface area contributed by atoms with Gasteiger partial charge < -0.3 is 10.2 Å². The summed E-state index contributed by atoms with van der Waals surface area (Å²) in [5.41, 5.74) is 1.17. The lowest BCUT2D eigenvalue weighted by Crippen LogP contribution is -2.27. The minimum absolute atomic E-state index is 0.167. The van der Waals surface area contributed by atoms with Gasteiger partial charge in [0.2, 0.25) is 0 Å². The molecule has 0 aromatic heterocycles. The van der Waals surface area contributed by atoms with Crippen LogP contribution in [0, 0.1) is 5.82 Å². The van der Waals surface area contributed by atoms with Crippen molar-refractivity contribution in [3.63, 3.8) is 0 Å². The minimum atomic E-state index is -0.167. The van der Waals surface area contributed by atoms with Crippen molar-refractivity contribution in [2.24, 2.45) is 0 Å². The summed E-state index contributed by atoms with van der Waals surface area (Å²) in [5.74, 6) is -0.167. The molecule has 0 amide bonds. The summed E-state index contributed by atoms with van der Waals surface area (Å²) in [6.45, 7) is 2.98. The Labute approximate surface area is 91.1 Å². The van der Waals surface area contributed by atoms with Gasteiger partial charge in [-0.25, -0.2) is 4.39 Å². The lowest BCUT2D eigenvalue weighted by molar-refractivity contribution is 0.401. The van der Waals surface area contributed by atoms with E-state index >= 15 is 0 Å². The van der Waals surface area contributed by atoms with E-state index in [-0.39, 0.29) is 5.82 Å². The van der Waals surface area contributed by atoms with Gasteiger partial charge in [0.15, 0.2) is 0 Å². The number of nitrogens with one attached hydrogen (secondary N) is 1. The number of rotatable bonds is 6. The van der Waals surface area contributed by atoms with Crippen molar-refractivity contribution < 1.29 is 4.39 Å². The predicted octanol–water partition coefficient (Wildman–Crippen LogP) is 1.52. The first kappa shape index (κ1) is 12.1. The molecule has 2 nitrogen and oxygen atoms in total. The van der Waals surface area contributed by atoms with Crippen molar-refractivity contribution in [2.45, 2.75) is 6.42 Å². The average molecular weight is 210 g/mol. The first-order chi connectivity index (χ1) is 7.18. The van der Waals surface area contributed by atoms with E-state index in [1.165, 1.54) is 17.7 Å². The first-order valence-corrected chi connectivity index (χ1v) is 5.28. The second-order valence-electron chi connectivity index (χ2n) is 3.93. The first-order valence-electron chi connectivity index (χ1n) is 5.28.